The number of carbonyl (C=O) groups excluding carboxylic acids is 2. The molecule has 4 nitrogen and oxygen atoms in total. The molecule has 12 heavy (non-hydrogen) atoms. The van der Waals surface area contributed by atoms with E-state index in [1.807, 2.05) is 0 Å². The third-order valence-corrected chi connectivity index (χ3v) is 1.56. The van der Waals surface area contributed by atoms with Gasteiger partial charge in [-0.05, 0) is 6.92 Å². The third-order valence-electron chi connectivity index (χ3n) is 1.13. The monoisotopic (exact) mass is 193 g/mol. The van der Waals surface area contributed by atoms with Crippen molar-refractivity contribution in [2.24, 2.45) is 5.73 Å². The van der Waals surface area contributed by atoms with E-state index in [0.29, 0.717) is 0 Å². The summed E-state index contributed by atoms with van der Waals surface area (Å²) in [5.41, 5.74) is 4.83. The van der Waals surface area contributed by atoms with E-state index in [1.54, 1.807) is 6.92 Å². The molecule has 0 unspecified atom stereocenters. The van der Waals surface area contributed by atoms with E-state index in [1.165, 1.54) is 0 Å². The van der Waals surface area contributed by atoms with Gasteiger partial charge < -0.3 is 10.5 Å². The predicted octanol–water partition coefficient (Wildman–Crippen LogP) is 0.422. The summed E-state index contributed by atoms with van der Waals surface area (Å²) in [4.78, 5) is 21.1. The van der Waals surface area contributed by atoms with Crippen LogP contribution < -0.4 is 5.73 Å². The Hall–Kier alpha value is -0.770. The molecule has 0 rings (SSSR count). The Bertz CT molecular complexity index is 172. The molecule has 0 bridgehead atoms. The molecular formula is C7H12ClNO3. The molecule has 2 N–H and O–H groups in total. The lowest BCUT2D eigenvalue weighted by molar-refractivity contribution is -0.148. The summed E-state index contributed by atoms with van der Waals surface area (Å²) in [7, 11) is 0. The van der Waals surface area contributed by atoms with Crippen LogP contribution in [0.2, 0.25) is 0 Å². The highest BCUT2D eigenvalue weighted by molar-refractivity contribution is 6.18. The second kappa shape index (κ2) is 5.83. The first-order valence-corrected chi connectivity index (χ1v) is 4.13. The van der Waals surface area contributed by atoms with Gasteiger partial charge in [0.25, 0.3) is 0 Å². The second-order valence-corrected chi connectivity index (χ2v) is 2.73. The van der Waals surface area contributed by atoms with Gasteiger partial charge in [0, 0.05) is 6.42 Å². The summed E-state index contributed by atoms with van der Waals surface area (Å²) in [5.74, 6) is -0.699. The number of nitrogens with two attached hydrogens (primary N) is 1. The summed E-state index contributed by atoms with van der Waals surface area (Å²) in [6, 6.07) is 0. The van der Waals surface area contributed by atoms with E-state index in [-0.39, 0.29) is 24.8 Å². The summed E-state index contributed by atoms with van der Waals surface area (Å²) in [6.45, 7) is 1.68. The lowest BCUT2D eigenvalue weighted by Gasteiger charge is -2.08. The van der Waals surface area contributed by atoms with Crippen LogP contribution in [-0.2, 0) is 14.3 Å². The number of hydrogen-bond acceptors (Lipinski definition) is 3. The number of rotatable bonds is 5. The Morgan fingerprint density at radius 2 is 2.08 bits per heavy atom. The van der Waals surface area contributed by atoms with E-state index in [9.17, 15) is 9.59 Å². The number of halogens is 1. The molecule has 0 aromatic rings. The van der Waals surface area contributed by atoms with Crippen molar-refractivity contribution in [2.45, 2.75) is 25.9 Å². The van der Waals surface area contributed by atoms with Crippen LogP contribution in [0.5, 0.6) is 0 Å². The first kappa shape index (κ1) is 11.2. The first-order valence-electron chi connectivity index (χ1n) is 3.60. The molecule has 0 radical (unpaired) electrons. The first-order chi connectivity index (χ1) is 5.56. The fourth-order valence-electron chi connectivity index (χ4n) is 0.540. The SMILES string of the molecule is C[C@@H](CCl)OC(=O)CCC(N)=O. The van der Waals surface area contributed by atoms with E-state index >= 15 is 0 Å². The van der Waals surface area contributed by atoms with Gasteiger partial charge in [-0.3, -0.25) is 9.59 Å². The molecule has 0 aromatic carbocycles. The van der Waals surface area contributed by atoms with Crippen LogP contribution >= 0.6 is 11.6 Å². The Morgan fingerprint density at radius 3 is 2.50 bits per heavy atom. The van der Waals surface area contributed by atoms with Gasteiger partial charge in [-0.2, -0.15) is 0 Å². The highest BCUT2D eigenvalue weighted by atomic mass is 35.5. The van der Waals surface area contributed by atoms with Crippen molar-refractivity contribution in [1.29, 1.82) is 0 Å². The number of alkyl halides is 1. The minimum absolute atomic E-state index is 0.0217. The van der Waals surface area contributed by atoms with E-state index in [0.717, 1.165) is 0 Å². The molecule has 0 heterocycles. The maximum atomic E-state index is 10.8. The molecule has 0 aliphatic carbocycles. The fourth-order valence-corrected chi connectivity index (χ4v) is 0.603. The number of ether oxygens (including phenoxy) is 1. The maximum absolute atomic E-state index is 10.8. The molecule has 0 saturated heterocycles. The van der Waals surface area contributed by atoms with Crippen molar-refractivity contribution < 1.29 is 14.3 Å². The van der Waals surface area contributed by atoms with Crippen LogP contribution in [0.4, 0.5) is 0 Å². The quantitative estimate of drug-likeness (QED) is 0.508. The van der Waals surface area contributed by atoms with Crippen LogP contribution in [0.15, 0.2) is 0 Å². The zero-order valence-corrected chi connectivity index (χ0v) is 7.63. The highest BCUT2D eigenvalue weighted by Gasteiger charge is 2.08. The molecule has 1 atom stereocenters. The van der Waals surface area contributed by atoms with Crippen molar-refractivity contribution in [2.75, 3.05) is 5.88 Å². The van der Waals surface area contributed by atoms with Gasteiger partial charge >= 0.3 is 5.97 Å². The topological polar surface area (TPSA) is 69.4 Å². The van der Waals surface area contributed by atoms with Crippen molar-refractivity contribution in [3.63, 3.8) is 0 Å². The van der Waals surface area contributed by atoms with Gasteiger partial charge in [0.15, 0.2) is 0 Å². The second-order valence-electron chi connectivity index (χ2n) is 2.42. The number of esters is 1. The van der Waals surface area contributed by atoms with E-state index < -0.39 is 11.9 Å². The molecular weight excluding hydrogens is 182 g/mol. The Balaban J connectivity index is 3.53. The van der Waals surface area contributed by atoms with Crippen molar-refractivity contribution in [3.05, 3.63) is 0 Å². The molecule has 5 heteroatoms. The molecule has 70 valence electrons. The molecule has 0 aliphatic heterocycles. The average molecular weight is 194 g/mol. The van der Waals surface area contributed by atoms with Crippen LogP contribution in [0, 0.1) is 0 Å². The van der Waals surface area contributed by atoms with Crippen LogP contribution in [-0.4, -0.2) is 23.9 Å². The van der Waals surface area contributed by atoms with Gasteiger partial charge in [-0.25, -0.2) is 0 Å². The average Bonchev–Trinajstić information content (AvgIpc) is 2.00. The summed E-state index contributed by atoms with van der Waals surface area (Å²) < 4.78 is 4.77. The largest absolute Gasteiger partial charge is 0.461 e. The lowest BCUT2D eigenvalue weighted by Crippen LogP contribution is -2.18. The van der Waals surface area contributed by atoms with Gasteiger partial charge in [0.05, 0.1) is 12.3 Å². The van der Waals surface area contributed by atoms with Gasteiger partial charge in [0.1, 0.15) is 6.10 Å². The van der Waals surface area contributed by atoms with Gasteiger partial charge in [-0.1, -0.05) is 0 Å². The molecule has 0 spiro atoms. The van der Waals surface area contributed by atoms with Crippen molar-refractivity contribution >= 4 is 23.5 Å². The minimum Gasteiger partial charge on any atom is -0.461 e. The lowest BCUT2D eigenvalue weighted by atomic mass is 10.3. The number of hydrogen-bond donors (Lipinski definition) is 1. The third kappa shape index (κ3) is 5.97. The Labute approximate surface area is 76.0 Å². The van der Waals surface area contributed by atoms with Gasteiger partial charge in [-0.15, -0.1) is 11.6 Å². The molecule has 0 saturated carbocycles. The van der Waals surface area contributed by atoms with Crippen LogP contribution in [0.3, 0.4) is 0 Å². The Kier molecular flexibility index (Phi) is 5.45. The fraction of sp³-hybridized carbons (Fsp3) is 0.714. The van der Waals surface area contributed by atoms with E-state index in [2.05, 4.69) is 0 Å². The minimum atomic E-state index is -0.509. The van der Waals surface area contributed by atoms with Crippen LogP contribution in [0.25, 0.3) is 0 Å². The summed E-state index contributed by atoms with van der Waals surface area (Å²) in [5, 5.41) is 0. The molecule has 0 aromatic heterocycles. The smallest absolute Gasteiger partial charge is 0.306 e. The van der Waals surface area contributed by atoms with Crippen molar-refractivity contribution in [3.8, 4) is 0 Å². The van der Waals surface area contributed by atoms with E-state index in [4.69, 9.17) is 22.1 Å². The molecule has 0 fully saturated rings. The normalized spacial score (nSPS) is 12.2. The standard InChI is InChI=1S/C7H12ClNO3/c1-5(4-8)12-7(11)3-2-6(9)10/h5H,2-4H2,1H3,(H2,9,10)/t5-/m0/s1. The number of primary amides is 1. The maximum Gasteiger partial charge on any atom is 0.306 e. The number of amides is 1. The molecule has 1 amide bonds. The molecule has 0 aliphatic rings. The number of carbonyl (C=O) groups is 2. The zero-order valence-electron chi connectivity index (χ0n) is 6.88. The predicted molar refractivity (Wildman–Crippen MR) is 44.7 cm³/mol. The summed E-state index contributed by atoms with van der Waals surface area (Å²) >= 11 is 5.39. The Morgan fingerprint density at radius 1 is 1.50 bits per heavy atom. The van der Waals surface area contributed by atoms with Crippen molar-refractivity contribution in [1.82, 2.24) is 0 Å². The summed E-state index contributed by atoms with van der Waals surface area (Å²) in [6.07, 6.45) is -0.267. The van der Waals surface area contributed by atoms with Crippen LogP contribution in [0.1, 0.15) is 19.8 Å². The zero-order chi connectivity index (χ0) is 9.56. The highest BCUT2D eigenvalue weighted by Crippen LogP contribution is 1.98. The van der Waals surface area contributed by atoms with Gasteiger partial charge in [0.2, 0.25) is 5.91 Å².